The Morgan fingerprint density at radius 2 is 2.00 bits per heavy atom. The van der Waals surface area contributed by atoms with Crippen molar-refractivity contribution in [3.8, 4) is 0 Å². The third-order valence-electron chi connectivity index (χ3n) is 1.52. The van der Waals surface area contributed by atoms with Gasteiger partial charge in [0, 0.05) is 0 Å². The van der Waals surface area contributed by atoms with Crippen LogP contribution < -0.4 is 5.14 Å². The highest BCUT2D eigenvalue weighted by Gasteiger charge is 2.13. The highest BCUT2D eigenvalue weighted by molar-refractivity contribution is 7.91. The van der Waals surface area contributed by atoms with E-state index in [2.05, 4.69) is 4.98 Å². The first-order chi connectivity index (χ1) is 6.07. The summed E-state index contributed by atoms with van der Waals surface area (Å²) in [5.41, 5.74) is 0.663. The van der Waals surface area contributed by atoms with Crippen molar-refractivity contribution in [2.45, 2.75) is 4.34 Å². The van der Waals surface area contributed by atoms with Gasteiger partial charge >= 0.3 is 0 Å². The van der Waals surface area contributed by atoms with E-state index in [4.69, 9.17) is 5.14 Å². The van der Waals surface area contributed by atoms with E-state index in [9.17, 15) is 8.42 Å². The van der Waals surface area contributed by atoms with Crippen molar-refractivity contribution in [2.24, 2.45) is 5.14 Å². The molecule has 0 bridgehead atoms. The average Bonchev–Trinajstić information content (AvgIpc) is 2.45. The molecule has 13 heavy (non-hydrogen) atoms. The zero-order valence-electron chi connectivity index (χ0n) is 6.47. The topological polar surface area (TPSA) is 73.1 Å². The third kappa shape index (κ3) is 1.55. The van der Waals surface area contributed by atoms with Gasteiger partial charge in [-0.15, -0.1) is 11.3 Å². The largest absolute Gasteiger partial charge is 0.265 e. The van der Waals surface area contributed by atoms with Crippen LogP contribution in [0.1, 0.15) is 0 Å². The van der Waals surface area contributed by atoms with Gasteiger partial charge in [-0.3, -0.25) is 0 Å². The lowest BCUT2D eigenvalue weighted by molar-refractivity contribution is 0.597. The van der Waals surface area contributed by atoms with Crippen molar-refractivity contribution in [2.75, 3.05) is 0 Å². The van der Waals surface area contributed by atoms with Gasteiger partial charge in [-0.1, -0.05) is 12.1 Å². The quantitative estimate of drug-likeness (QED) is 0.767. The van der Waals surface area contributed by atoms with Gasteiger partial charge in [-0.05, 0) is 12.1 Å². The molecule has 6 heteroatoms. The van der Waals surface area contributed by atoms with Gasteiger partial charge in [-0.25, -0.2) is 18.5 Å². The van der Waals surface area contributed by atoms with Gasteiger partial charge < -0.3 is 0 Å². The van der Waals surface area contributed by atoms with Crippen LogP contribution in [0.5, 0.6) is 0 Å². The number of sulfonamides is 1. The number of fused-ring (bicyclic) bond motifs is 1. The van der Waals surface area contributed by atoms with E-state index in [1.54, 1.807) is 12.1 Å². The molecule has 0 aliphatic heterocycles. The number of aromatic nitrogens is 1. The number of hydrogen-bond acceptors (Lipinski definition) is 4. The van der Waals surface area contributed by atoms with Crippen LogP contribution in [0.2, 0.25) is 0 Å². The minimum Gasteiger partial charge on any atom is -0.224 e. The molecule has 68 valence electrons. The molecule has 0 aliphatic carbocycles. The van der Waals surface area contributed by atoms with Crippen molar-refractivity contribution in [1.82, 2.24) is 4.98 Å². The standard InChI is InChI=1S/C7H6N2O2S2/c8-13(10,11)7-9-5-3-1-2-4-6(5)12-7/h1-4H,(H2,8,10,11). The maximum Gasteiger partial charge on any atom is 0.265 e. The molecule has 0 aliphatic rings. The van der Waals surface area contributed by atoms with Gasteiger partial charge in [0.05, 0.1) is 10.2 Å². The summed E-state index contributed by atoms with van der Waals surface area (Å²) in [5.74, 6) is 0. The number of nitrogens with two attached hydrogens (primary N) is 1. The maximum atomic E-state index is 10.9. The van der Waals surface area contributed by atoms with Crippen LogP contribution in [0.25, 0.3) is 10.2 Å². The van der Waals surface area contributed by atoms with Crippen molar-refractivity contribution < 1.29 is 8.42 Å². The fourth-order valence-electron chi connectivity index (χ4n) is 0.973. The lowest BCUT2D eigenvalue weighted by Gasteiger charge is -1.85. The predicted octanol–water partition coefficient (Wildman–Crippen LogP) is 0.944. The summed E-state index contributed by atoms with van der Waals surface area (Å²) in [4.78, 5) is 3.89. The maximum absolute atomic E-state index is 10.9. The number of benzene rings is 1. The molecule has 0 amide bonds. The second-order valence-corrected chi connectivity index (χ2v) is 5.26. The molecule has 0 radical (unpaired) electrons. The van der Waals surface area contributed by atoms with E-state index in [0.717, 1.165) is 16.0 Å². The molecule has 0 saturated heterocycles. The van der Waals surface area contributed by atoms with Gasteiger partial charge in [0.1, 0.15) is 0 Å². The minimum absolute atomic E-state index is 0.0336. The molecule has 1 aromatic heterocycles. The monoisotopic (exact) mass is 214 g/mol. The first-order valence-corrected chi connectivity index (χ1v) is 5.82. The van der Waals surface area contributed by atoms with Gasteiger partial charge in [0.15, 0.2) is 0 Å². The Morgan fingerprint density at radius 3 is 2.62 bits per heavy atom. The molecule has 4 nitrogen and oxygen atoms in total. The van der Waals surface area contributed by atoms with Crippen LogP contribution in [0.3, 0.4) is 0 Å². The Hall–Kier alpha value is -0.980. The summed E-state index contributed by atoms with van der Waals surface area (Å²) in [7, 11) is -3.66. The highest BCUT2D eigenvalue weighted by Crippen LogP contribution is 2.23. The molecule has 0 fully saturated rings. The fourth-order valence-corrected chi connectivity index (χ4v) is 2.63. The molecular weight excluding hydrogens is 208 g/mol. The van der Waals surface area contributed by atoms with E-state index >= 15 is 0 Å². The van der Waals surface area contributed by atoms with Crippen molar-refractivity contribution in [3.05, 3.63) is 24.3 Å². The molecule has 0 atom stereocenters. The number of primary sulfonamides is 1. The van der Waals surface area contributed by atoms with Crippen molar-refractivity contribution >= 4 is 31.6 Å². The van der Waals surface area contributed by atoms with Crippen LogP contribution in [0, 0.1) is 0 Å². The Bertz CT molecular complexity index is 511. The molecule has 0 spiro atoms. The molecule has 1 heterocycles. The van der Waals surface area contributed by atoms with E-state index in [1.807, 2.05) is 12.1 Å². The van der Waals surface area contributed by atoms with E-state index in [-0.39, 0.29) is 4.34 Å². The normalized spacial score (nSPS) is 12.1. The van der Waals surface area contributed by atoms with E-state index in [1.165, 1.54) is 0 Å². The van der Waals surface area contributed by atoms with Crippen molar-refractivity contribution in [1.29, 1.82) is 0 Å². The summed E-state index contributed by atoms with van der Waals surface area (Å²) >= 11 is 1.08. The number of rotatable bonds is 1. The molecule has 0 unspecified atom stereocenters. The lowest BCUT2D eigenvalue weighted by Crippen LogP contribution is -2.11. The predicted molar refractivity (Wildman–Crippen MR) is 51.0 cm³/mol. The number of hydrogen-bond donors (Lipinski definition) is 1. The van der Waals surface area contributed by atoms with Crippen molar-refractivity contribution in [3.63, 3.8) is 0 Å². The highest BCUT2D eigenvalue weighted by atomic mass is 32.2. The smallest absolute Gasteiger partial charge is 0.224 e. The van der Waals surface area contributed by atoms with Crippen LogP contribution in [0.4, 0.5) is 0 Å². The van der Waals surface area contributed by atoms with Crippen LogP contribution in [-0.4, -0.2) is 13.4 Å². The second-order valence-electron chi connectivity index (χ2n) is 2.49. The first-order valence-electron chi connectivity index (χ1n) is 3.46. The third-order valence-corrected chi connectivity index (χ3v) is 3.87. The Balaban J connectivity index is 2.77. The molecule has 2 N–H and O–H groups in total. The summed E-state index contributed by atoms with van der Waals surface area (Å²) in [5, 5.41) is 4.94. The van der Waals surface area contributed by atoms with Gasteiger partial charge in [-0.2, -0.15) is 0 Å². The molecule has 2 rings (SSSR count). The zero-order valence-corrected chi connectivity index (χ0v) is 8.10. The van der Waals surface area contributed by atoms with Crippen LogP contribution >= 0.6 is 11.3 Å². The Kier molecular flexibility index (Phi) is 1.83. The first kappa shape index (κ1) is 8.61. The number of para-hydroxylation sites is 1. The minimum atomic E-state index is -3.66. The van der Waals surface area contributed by atoms with E-state index < -0.39 is 10.0 Å². The Morgan fingerprint density at radius 1 is 1.31 bits per heavy atom. The molecular formula is C7H6N2O2S2. The van der Waals surface area contributed by atoms with Gasteiger partial charge in [0.25, 0.3) is 10.0 Å². The zero-order chi connectivity index (χ0) is 9.47. The number of nitrogens with zero attached hydrogens (tertiary/aromatic N) is 1. The van der Waals surface area contributed by atoms with Crippen LogP contribution in [0.15, 0.2) is 28.6 Å². The average molecular weight is 214 g/mol. The second kappa shape index (κ2) is 2.76. The summed E-state index contributed by atoms with van der Waals surface area (Å²) in [6.07, 6.45) is 0. The van der Waals surface area contributed by atoms with Gasteiger partial charge in [0.2, 0.25) is 4.34 Å². The molecule has 0 saturated carbocycles. The number of thiazole rings is 1. The molecule has 2 aromatic rings. The van der Waals surface area contributed by atoms with E-state index in [0.29, 0.717) is 5.52 Å². The Labute approximate surface area is 79.1 Å². The SMILES string of the molecule is NS(=O)(=O)c1nc2ccccc2s1. The summed E-state index contributed by atoms with van der Waals surface area (Å²) in [6.45, 7) is 0. The van der Waals surface area contributed by atoms with Crippen LogP contribution in [-0.2, 0) is 10.0 Å². The molecule has 1 aromatic carbocycles. The summed E-state index contributed by atoms with van der Waals surface area (Å²) < 4.78 is 22.6. The lowest BCUT2D eigenvalue weighted by atomic mass is 10.3. The fraction of sp³-hybridized carbons (Fsp3) is 0. The summed E-state index contributed by atoms with van der Waals surface area (Å²) in [6, 6.07) is 7.19.